The lowest BCUT2D eigenvalue weighted by atomic mass is 10.1. The van der Waals surface area contributed by atoms with Gasteiger partial charge < -0.3 is 19.8 Å². The Morgan fingerprint density at radius 3 is 2.36 bits per heavy atom. The van der Waals surface area contributed by atoms with Crippen LogP contribution in [0.25, 0.3) is 11.4 Å². The number of aromatic amines is 1. The van der Waals surface area contributed by atoms with E-state index < -0.39 is 12.1 Å². The van der Waals surface area contributed by atoms with E-state index in [9.17, 15) is 18.0 Å². The summed E-state index contributed by atoms with van der Waals surface area (Å²) in [5.74, 6) is -0.149. The number of aromatic nitrogens is 2. The predicted octanol–water partition coefficient (Wildman–Crippen LogP) is 4.97. The largest absolute Gasteiger partial charge is 0.573 e. The van der Waals surface area contributed by atoms with Crippen molar-refractivity contribution >= 4 is 5.69 Å². The van der Waals surface area contributed by atoms with Crippen LogP contribution in [0, 0.1) is 0 Å². The molecule has 0 atom stereocenters. The first-order valence-corrected chi connectivity index (χ1v) is 9.07. The Bertz CT molecular complexity index is 803. The van der Waals surface area contributed by atoms with Crippen LogP contribution in [-0.4, -0.2) is 29.5 Å². The first-order chi connectivity index (χ1) is 13.3. The molecule has 0 unspecified atom stereocenters. The molecular formula is C19H26F3N3O3. The molecule has 0 aliphatic rings. The van der Waals surface area contributed by atoms with Crippen molar-refractivity contribution in [2.45, 2.75) is 52.9 Å². The molecule has 0 bridgehead atoms. The summed E-state index contributed by atoms with van der Waals surface area (Å²) in [6.07, 6.45) is -1.70. The molecule has 0 spiro atoms. The minimum atomic E-state index is -4.80. The van der Waals surface area contributed by atoms with Crippen molar-refractivity contribution < 1.29 is 22.6 Å². The van der Waals surface area contributed by atoms with Crippen molar-refractivity contribution in [3.8, 4) is 22.9 Å². The second-order valence-corrected chi connectivity index (χ2v) is 5.54. The fraction of sp³-hybridized carbons (Fsp3) is 0.474. The van der Waals surface area contributed by atoms with Gasteiger partial charge in [0.05, 0.1) is 18.9 Å². The van der Waals surface area contributed by atoms with Gasteiger partial charge in [-0.3, -0.25) is 4.79 Å². The molecule has 1 heterocycles. The van der Waals surface area contributed by atoms with Gasteiger partial charge in [0.2, 0.25) is 0 Å². The summed E-state index contributed by atoms with van der Waals surface area (Å²) in [6, 6.07) is 3.70. The zero-order chi connectivity index (χ0) is 21.3. The lowest BCUT2D eigenvalue weighted by Crippen LogP contribution is -2.23. The number of methoxy groups -OCH3 is 1. The molecule has 28 heavy (non-hydrogen) atoms. The summed E-state index contributed by atoms with van der Waals surface area (Å²) >= 11 is 0. The fourth-order valence-corrected chi connectivity index (χ4v) is 2.41. The van der Waals surface area contributed by atoms with Gasteiger partial charge >= 0.3 is 6.36 Å². The highest BCUT2D eigenvalue weighted by Gasteiger charge is 2.31. The third kappa shape index (κ3) is 6.47. The van der Waals surface area contributed by atoms with Crippen molar-refractivity contribution in [1.82, 2.24) is 9.97 Å². The molecule has 156 valence electrons. The predicted molar refractivity (Wildman–Crippen MR) is 103 cm³/mol. The Hall–Kier alpha value is -2.71. The van der Waals surface area contributed by atoms with E-state index in [4.69, 9.17) is 4.74 Å². The van der Waals surface area contributed by atoms with Crippen LogP contribution in [0.2, 0.25) is 0 Å². The summed E-state index contributed by atoms with van der Waals surface area (Å²) in [6.45, 7) is 8.01. The smallest absolute Gasteiger partial charge is 0.496 e. The highest BCUT2D eigenvalue weighted by molar-refractivity contribution is 5.66. The van der Waals surface area contributed by atoms with E-state index in [0.717, 1.165) is 25.0 Å². The normalized spacial score (nSPS) is 10.9. The molecule has 0 aliphatic carbocycles. The molecule has 1 aromatic heterocycles. The second kappa shape index (κ2) is 10.6. The molecule has 2 N–H and O–H groups in total. The Kier molecular flexibility index (Phi) is 8.81. The molecule has 0 saturated heterocycles. The zero-order valence-corrected chi connectivity index (χ0v) is 16.6. The standard InChI is InChI=1S/C17H20F3N3O3.C2H6/c1-4-10(5-2)22-13-9-21-15(23-16(13)24)12-7-6-11(8-14(12)25-3)26-17(18,19)20;1-2/h6-10,22H,4-5H2,1-3H3,(H,21,23,24);1-2H3. The Morgan fingerprint density at radius 2 is 1.86 bits per heavy atom. The first-order valence-electron chi connectivity index (χ1n) is 9.07. The van der Waals surface area contributed by atoms with Crippen molar-refractivity contribution in [2.75, 3.05) is 12.4 Å². The lowest BCUT2D eigenvalue weighted by molar-refractivity contribution is -0.274. The molecule has 2 aromatic rings. The molecule has 2 rings (SSSR count). The SMILES string of the molecule is CC.CCC(CC)Nc1cnc(-c2ccc(OC(F)(F)F)cc2OC)[nH]c1=O. The summed E-state index contributed by atoms with van der Waals surface area (Å²) in [7, 11) is 1.30. The molecule has 0 fully saturated rings. The number of rotatable bonds is 7. The van der Waals surface area contributed by atoms with Crippen molar-refractivity contribution in [3.63, 3.8) is 0 Å². The topological polar surface area (TPSA) is 76.2 Å². The maximum atomic E-state index is 12.3. The van der Waals surface area contributed by atoms with Crippen LogP contribution in [-0.2, 0) is 0 Å². The molecule has 1 aromatic carbocycles. The molecule has 0 aliphatic heterocycles. The Labute approximate surface area is 162 Å². The molecule has 0 amide bonds. The third-order valence-corrected chi connectivity index (χ3v) is 3.81. The van der Waals surface area contributed by atoms with Crippen LogP contribution in [0.3, 0.4) is 0 Å². The Morgan fingerprint density at radius 1 is 1.21 bits per heavy atom. The van der Waals surface area contributed by atoms with Crippen molar-refractivity contribution in [2.24, 2.45) is 0 Å². The fourth-order valence-electron chi connectivity index (χ4n) is 2.41. The van der Waals surface area contributed by atoms with Gasteiger partial charge in [-0.25, -0.2) is 4.98 Å². The number of alkyl halides is 3. The summed E-state index contributed by atoms with van der Waals surface area (Å²) < 4.78 is 46.0. The van der Waals surface area contributed by atoms with Crippen molar-refractivity contribution in [1.29, 1.82) is 0 Å². The molecule has 0 saturated carbocycles. The summed E-state index contributed by atoms with van der Waals surface area (Å²) in [4.78, 5) is 19.1. The quantitative estimate of drug-likeness (QED) is 0.685. The zero-order valence-electron chi connectivity index (χ0n) is 16.6. The van der Waals surface area contributed by atoms with E-state index >= 15 is 0 Å². The lowest BCUT2D eigenvalue weighted by Gasteiger charge is -2.16. The van der Waals surface area contributed by atoms with Crippen LogP contribution in [0.1, 0.15) is 40.5 Å². The Balaban J connectivity index is 0.00000190. The number of benzene rings is 1. The maximum absolute atomic E-state index is 12.3. The van der Waals surface area contributed by atoms with Gasteiger partial charge in [0.1, 0.15) is 23.0 Å². The monoisotopic (exact) mass is 401 g/mol. The highest BCUT2D eigenvalue weighted by atomic mass is 19.4. The number of hydrogen-bond acceptors (Lipinski definition) is 5. The number of anilines is 1. The van der Waals surface area contributed by atoms with Crippen LogP contribution in [0.5, 0.6) is 11.5 Å². The van der Waals surface area contributed by atoms with Crippen LogP contribution >= 0.6 is 0 Å². The molecule has 6 nitrogen and oxygen atoms in total. The average molecular weight is 401 g/mol. The molecule has 0 radical (unpaired) electrons. The van der Waals surface area contributed by atoms with Gasteiger partial charge in [-0.2, -0.15) is 0 Å². The second-order valence-electron chi connectivity index (χ2n) is 5.54. The van der Waals surface area contributed by atoms with Gasteiger partial charge in [-0.1, -0.05) is 27.7 Å². The summed E-state index contributed by atoms with van der Waals surface area (Å²) in [5, 5.41) is 3.11. The van der Waals surface area contributed by atoms with E-state index in [-0.39, 0.29) is 23.2 Å². The minimum absolute atomic E-state index is 0.0932. The van der Waals surface area contributed by atoms with E-state index in [1.54, 1.807) is 0 Å². The molecule has 9 heteroatoms. The van der Waals surface area contributed by atoms with E-state index in [1.165, 1.54) is 19.4 Å². The van der Waals surface area contributed by atoms with E-state index in [1.807, 2.05) is 27.7 Å². The number of nitrogens with one attached hydrogen (secondary N) is 2. The van der Waals surface area contributed by atoms with E-state index in [2.05, 4.69) is 20.0 Å². The van der Waals surface area contributed by atoms with E-state index in [0.29, 0.717) is 11.3 Å². The number of halogens is 3. The first kappa shape index (κ1) is 23.3. The van der Waals surface area contributed by atoms with Crippen molar-refractivity contribution in [3.05, 3.63) is 34.7 Å². The van der Waals surface area contributed by atoms with Gasteiger partial charge in [0, 0.05) is 12.1 Å². The van der Waals surface area contributed by atoms with Gasteiger partial charge in [0.15, 0.2) is 0 Å². The van der Waals surface area contributed by atoms with Crippen LogP contribution in [0.4, 0.5) is 18.9 Å². The number of nitrogens with zero attached hydrogens (tertiary/aromatic N) is 1. The number of H-pyrrole nitrogens is 1. The van der Waals surface area contributed by atoms with Gasteiger partial charge in [-0.05, 0) is 25.0 Å². The van der Waals surface area contributed by atoms with Crippen LogP contribution < -0.4 is 20.3 Å². The maximum Gasteiger partial charge on any atom is 0.573 e. The minimum Gasteiger partial charge on any atom is -0.496 e. The molecular weight excluding hydrogens is 375 g/mol. The number of ether oxygens (including phenoxy) is 2. The average Bonchev–Trinajstić information content (AvgIpc) is 2.67. The summed E-state index contributed by atoms with van der Waals surface area (Å²) in [5.41, 5.74) is 0.297. The van der Waals surface area contributed by atoms with Crippen LogP contribution in [0.15, 0.2) is 29.2 Å². The highest BCUT2D eigenvalue weighted by Crippen LogP contribution is 2.33. The third-order valence-electron chi connectivity index (χ3n) is 3.81. The number of hydrogen-bond donors (Lipinski definition) is 2. The van der Waals surface area contributed by atoms with Gasteiger partial charge in [0.25, 0.3) is 5.56 Å². The van der Waals surface area contributed by atoms with Gasteiger partial charge in [-0.15, -0.1) is 13.2 Å².